The molecular weight excluding hydrogens is 512 g/mol. The third-order valence-corrected chi connectivity index (χ3v) is 7.44. The number of benzene rings is 3. The van der Waals surface area contributed by atoms with Crippen LogP contribution >= 0.6 is 22.9 Å². The number of ether oxygens (including phenoxy) is 1. The standard InChI is InChI=1S/C28H23ClN2O5S/c1-4-36-20-13-17(7-10-19(20)32)24-22(25(33)16-5-8-18(29)9-6-16)26(34)27(35)31(24)28-30-23-15(3)11-14(2)12-21(23)37-28/h5-13,24,32-33H,4H2,1-3H3/b25-22+. The van der Waals surface area contributed by atoms with Crippen LogP contribution in [-0.2, 0) is 9.59 Å². The number of hydrogen-bond donors (Lipinski definition) is 2. The topological polar surface area (TPSA) is 100.0 Å². The molecule has 0 bridgehead atoms. The molecular formula is C28H23ClN2O5S. The average Bonchev–Trinajstić information content (AvgIpc) is 3.39. The highest BCUT2D eigenvalue weighted by Crippen LogP contribution is 2.46. The number of Topliss-reactive ketones (excluding diaryl/α,β-unsaturated/α-hetero) is 1. The fraction of sp³-hybridized carbons (Fsp3) is 0.179. The van der Waals surface area contributed by atoms with E-state index in [0.717, 1.165) is 21.3 Å². The zero-order valence-electron chi connectivity index (χ0n) is 20.3. The fourth-order valence-corrected chi connectivity index (χ4v) is 5.84. The molecule has 2 heterocycles. The SMILES string of the molecule is CCOc1cc(C2/C(=C(\O)c3ccc(Cl)cc3)C(=O)C(=O)N2c2nc3c(C)cc(C)cc3s2)ccc1O. The molecule has 4 aromatic rings. The third kappa shape index (κ3) is 4.32. The van der Waals surface area contributed by atoms with E-state index in [9.17, 15) is 19.8 Å². The van der Waals surface area contributed by atoms with Crippen molar-refractivity contribution in [2.45, 2.75) is 26.8 Å². The Hall–Kier alpha value is -3.88. The van der Waals surface area contributed by atoms with Gasteiger partial charge < -0.3 is 14.9 Å². The predicted octanol–water partition coefficient (Wildman–Crippen LogP) is 6.30. The van der Waals surface area contributed by atoms with Crippen LogP contribution in [0.1, 0.15) is 35.2 Å². The molecule has 1 aliphatic heterocycles. The Morgan fingerprint density at radius 2 is 1.84 bits per heavy atom. The van der Waals surface area contributed by atoms with Crippen LogP contribution in [0.2, 0.25) is 5.02 Å². The van der Waals surface area contributed by atoms with Crippen molar-refractivity contribution in [2.75, 3.05) is 11.5 Å². The summed E-state index contributed by atoms with van der Waals surface area (Å²) in [5, 5.41) is 22.3. The molecule has 37 heavy (non-hydrogen) atoms. The van der Waals surface area contributed by atoms with Gasteiger partial charge in [-0.3, -0.25) is 14.5 Å². The number of phenolic OH excluding ortho intramolecular Hbond substituents is 1. The van der Waals surface area contributed by atoms with Crippen molar-refractivity contribution in [3.8, 4) is 11.5 Å². The van der Waals surface area contributed by atoms with Crippen LogP contribution in [-0.4, -0.2) is 33.5 Å². The number of aliphatic hydroxyl groups excluding tert-OH is 1. The number of amides is 1. The predicted molar refractivity (Wildman–Crippen MR) is 145 cm³/mol. The molecule has 1 unspecified atom stereocenters. The molecule has 0 aliphatic carbocycles. The van der Waals surface area contributed by atoms with Gasteiger partial charge in [-0.1, -0.05) is 35.1 Å². The third-order valence-electron chi connectivity index (χ3n) is 6.19. The summed E-state index contributed by atoms with van der Waals surface area (Å²) in [5.41, 5.74) is 3.48. The number of thiazole rings is 1. The number of carbonyl (C=O) groups excluding carboxylic acids is 2. The molecule has 188 valence electrons. The molecule has 1 fully saturated rings. The van der Waals surface area contributed by atoms with Crippen molar-refractivity contribution in [2.24, 2.45) is 0 Å². The lowest BCUT2D eigenvalue weighted by atomic mass is 9.95. The quantitative estimate of drug-likeness (QED) is 0.177. The van der Waals surface area contributed by atoms with Crippen LogP contribution in [0.5, 0.6) is 11.5 Å². The van der Waals surface area contributed by atoms with E-state index in [0.29, 0.717) is 27.9 Å². The zero-order valence-corrected chi connectivity index (χ0v) is 21.9. The van der Waals surface area contributed by atoms with Gasteiger partial charge in [0.25, 0.3) is 5.78 Å². The van der Waals surface area contributed by atoms with E-state index in [4.69, 9.17) is 21.3 Å². The number of ketones is 1. The molecule has 3 aromatic carbocycles. The Morgan fingerprint density at radius 3 is 2.54 bits per heavy atom. The molecule has 1 amide bonds. The highest BCUT2D eigenvalue weighted by molar-refractivity contribution is 7.22. The largest absolute Gasteiger partial charge is 0.507 e. The number of rotatable bonds is 5. The Morgan fingerprint density at radius 1 is 1.11 bits per heavy atom. The maximum absolute atomic E-state index is 13.5. The summed E-state index contributed by atoms with van der Waals surface area (Å²) < 4.78 is 6.44. The van der Waals surface area contributed by atoms with E-state index in [2.05, 4.69) is 0 Å². The molecule has 0 radical (unpaired) electrons. The summed E-state index contributed by atoms with van der Waals surface area (Å²) in [7, 11) is 0. The van der Waals surface area contributed by atoms with Gasteiger partial charge in [0.15, 0.2) is 16.6 Å². The van der Waals surface area contributed by atoms with Crippen LogP contribution in [0.4, 0.5) is 5.13 Å². The van der Waals surface area contributed by atoms with Gasteiger partial charge in [0.2, 0.25) is 0 Å². The fourth-order valence-electron chi connectivity index (χ4n) is 4.54. The monoisotopic (exact) mass is 534 g/mol. The van der Waals surface area contributed by atoms with Gasteiger partial charge in [-0.2, -0.15) is 0 Å². The number of halogens is 1. The van der Waals surface area contributed by atoms with E-state index >= 15 is 0 Å². The number of aromatic hydroxyl groups is 1. The number of hydrogen-bond acceptors (Lipinski definition) is 7. The first-order valence-electron chi connectivity index (χ1n) is 11.6. The molecule has 0 saturated carbocycles. The van der Waals surface area contributed by atoms with Crippen molar-refractivity contribution in [1.29, 1.82) is 0 Å². The lowest BCUT2D eigenvalue weighted by molar-refractivity contribution is -0.132. The van der Waals surface area contributed by atoms with Crippen molar-refractivity contribution in [3.63, 3.8) is 0 Å². The van der Waals surface area contributed by atoms with Gasteiger partial charge in [-0.25, -0.2) is 4.98 Å². The van der Waals surface area contributed by atoms with Crippen LogP contribution in [0.15, 0.2) is 60.2 Å². The van der Waals surface area contributed by atoms with Crippen LogP contribution < -0.4 is 9.64 Å². The first-order chi connectivity index (χ1) is 17.7. The number of phenols is 1. The summed E-state index contributed by atoms with van der Waals surface area (Å²) in [6.45, 7) is 6.01. The number of aromatic nitrogens is 1. The van der Waals surface area contributed by atoms with Crippen molar-refractivity contribution < 1.29 is 24.5 Å². The molecule has 1 aromatic heterocycles. The number of fused-ring (bicyclic) bond motifs is 1. The number of nitrogens with zero attached hydrogens (tertiary/aromatic N) is 2. The van der Waals surface area contributed by atoms with Crippen LogP contribution in [0, 0.1) is 13.8 Å². The minimum absolute atomic E-state index is 0.0775. The second-order valence-corrected chi connectivity index (χ2v) is 10.2. The van der Waals surface area contributed by atoms with Crippen LogP contribution in [0.25, 0.3) is 16.0 Å². The maximum Gasteiger partial charge on any atom is 0.301 e. The molecule has 2 N–H and O–H groups in total. The van der Waals surface area contributed by atoms with Crippen molar-refractivity contribution in [1.82, 2.24) is 4.98 Å². The van der Waals surface area contributed by atoms with Gasteiger partial charge >= 0.3 is 5.91 Å². The smallest absolute Gasteiger partial charge is 0.301 e. The second-order valence-electron chi connectivity index (χ2n) is 8.76. The van der Waals surface area contributed by atoms with Crippen LogP contribution in [0.3, 0.4) is 0 Å². The van der Waals surface area contributed by atoms with Gasteiger partial charge in [0, 0.05) is 10.6 Å². The van der Waals surface area contributed by atoms with E-state index in [1.807, 2.05) is 26.0 Å². The summed E-state index contributed by atoms with van der Waals surface area (Å²) in [5.74, 6) is -1.85. The van der Waals surface area contributed by atoms with E-state index < -0.39 is 17.7 Å². The number of carbonyl (C=O) groups is 2. The molecule has 1 atom stereocenters. The summed E-state index contributed by atoms with van der Waals surface area (Å²) in [4.78, 5) is 33.0. The first kappa shape index (κ1) is 24.8. The van der Waals surface area contributed by atoms with Crippen molar-refractivity contribution >= 4 is 55.7 Å². The molecule has 7 nitrogen and oxygen atoms in total. The minimum Gasteiger partial charge on any atom is -0.507 e. The normalized spacial score (nSPS) is 17.1. The second kappa shape index (κ2) is 9.53. The molecule has 5 rings (SSSR count). The highest BCUT2D eigenvalue weighted by atomic mass is 35.5. The van der Waals surface area contributed by atoms with Gasteiger partial charge in [0.05, 0.1) is 28.4 Å². The lowest BCUT2D eigenvalue weighted by Gasteiger charge is -2.23. The van der Waals surface area contributed by atoms with Gasteiger partial charge in [-0.05, 0) is 79.9 Å². The first-order valence-corrected chi connectivity index (χ1v) is 12.8. The van der Waals surface area contributed by atoms with Crippen molar-refractivity contribution in [3.05, 3.63) is 87.4 Å². The Labute approximate surface area is 222 Å². The molecule has 1 saturated heterocycles. The van der Waals surface area contributed by atoms with Gasteiger partial charge in [-0.15, -0.1) is 0 Å². The zero-order chi connectivity index (χ0) is 26.4. The molecule has 1 aliphatic rings. The van der Waals surface area contributed by atoms with E-state index in [-0.39, 0.29) is 22.8 Å². The molecule has 9 heteroatoms. The lowest BCUT2D eigenvalue weighted by Crippen LogP contribution is -2.29. The average molecular weight is 535 g/mol. The van der Waals surface area contributed by atoms with E-state index in [1.165, 1.54) is 22.3 Å². The van der Waals surface area contributed by atoms with Gasteiger partial charge in [0.1, 0.15) is 5.76 Å². The number of aliphatic hydroxyl groups is 1. The maximum atomic E-state index is 13.5. The Bertz CT molecular complexity index is 1590. The summed E-state index contributed by atoms with van der Waals surface area (Å²) in [6.07, 6.45) is 0. The number of aryl methyl sites for hydroxylation is 2. The summed E-state index contributed by atoms with van der Waals surface area (Å²) in [6, 6.07) is 13.9. The number of anilines is 1. The minimum atomic E-state index is -1.00. The Balaban J connectivity index is 1.75. The molecule has 0 spiro atoms. The van der Waals surface area contributed by atoms with E-state index in [1.54, 1.807) is 43.3 Å². The highest BCUT2D eigenvalue weighted by Gasteiger charge is 2.48. The summed E-state index contributed by atoms with van der Waals surface area (Å²) >= 11 is 7.30. The Kier molecular flexibility index (Phi) is 6.39.